The van der Waals surface area contributed by atoms with Gasteiger partial charge in [-0.15, -0.1) is 0 Å². The van der Waals surface area contributed by atoms with Gasteiger partial charge in [0.15, 0.2) is 0 Å². The normalized spacial score (nSPS) is 31.1. The van der Waals surface area contributed by atoms with Crippen LogP contribution in [0.3, 0.4) is 0 Å². The van der Waals surface area contributed by atoms with Gasteiger partial charge in [-0.2, -0.15) is 0 Å². The molecule has 2 atom stereocenters. The zero-order valence-electron chi connectivity index (χ0n) is 10.8. The first-order valence-corrected chi connectivity index (χ1v) is 6.99. The van der Waals surface area contributed by atoms with Gasteiger partial charge in [-0.3, -0.25) is 14.5 Å². The van der Waals surface area contributed by atoms with Crippen LogP contribution in [0.1, 0.15) is 58.3 Å². The van der Waals surface area contributed by atoms with Crippen LogP contribution in [0.25, 0.3) is 0 Å². The lowest BCUT2D eigenvalue weighted by molar-refractivity contribution is -0.143. The van der Waals surface area contributed by atoms with Crippen molar-refractivity contribution in [2.75, 3.05) is 6.54 Å². The van der Waals surface area contributed by atoms with Crippen LogP contribution in [0.5, 0.6) is 0 Å². The molecule has 0 aromatic rings. The molecule has 0 aromatic carbocycles. The van der Waals surface area contributed by atoms with Crippen LogP contribution in [0.4, 0.5) is 0 Å². The van der Waals surface area contributed by atoms with Gasteiger partial charge in [0.25, 0.3) is 0 Å². The summed E-state index contributed by atoms with van der Waals surface area (Å²) in [7, 11) is 0. The smallest absolute Gasteiger partial charge is 0.229 e. The van der Waals surface area contributed by atoms with E-state index >= 15 is 0 Å². The molecule has 0 spiro atoms. The minimum atomic E-state index is -0.0867. The molecular formula is C14H23NO2. The Bertz CT molecular complexity index is 301. The van der Waals surface area contributed by atoms with E-state index < -0.39 is 0 Å². The summed E-state index contributed by atoms with van der Waals surface area (Å²) >= 11 is 0. The first-order chi connectivity index (χ1) is 8.18. The maximum absolute atomic E-state index is 11.9. The summed E-state index contributed by atoms with van der Waals surface area (Å²) in [6, 6.07) is 0. The van der Waals surface area contributed by atoms with Crippen molar-refractivity contribution >= 4 is 11.8 Å². The Morgan fingerprint density at radius 3 is 2.41 bits per heavy atom. The average molecular weight is 237 g/mol. The largest absolute Gasteiger partial charge is 0.283 e. The van der Waals surface area contributed by atoms with Crippen molar-refractivity contribution in [2.24, 2.45) is 11.8 Å². The molecule has 1 aliphatic heterocycles. The molecule has 2 unspecified atom stereocenters. The maximum Gasteiger partial charge on any atom is 0.229 e. The third-order valence-corrected chi connectivity index (χ3v) is 4.17. The van der Waals surface area contributed by atoms with Gasteiger partial charge >= 0.3 is 0 Å². The Morgan fingerprint density at radius 1 is 1.12 bits per heavy atom. The Kier molecular flexibility index (Phi) is 4.19. The van der Waals surface area contributed by atoms with Gasteiger partial charge in [0, 0.05) is 19.9 Å². The third-order valence-electron chi connectivity index (χ3n) is 4.17. The van der Waals surface area contributed by atoms with Crippen molar-refractivity contribution in [3.05, 3.63) is 0 Å². The fraction of sp³-hybridized carbons (Fsp3) is 0.857. The van der Waals surface area contributed by atoms with E-state index in [9.17, 15) is 9.59 Å². The van der Waals surface area contributed by atoms with Crippen molar-refractivity contribution < 1.29 is 9.59 Å². The van der Waals surface area contributed by atoms with Gasteiger partial charge in [0.05, 0.1) is 0 Å². The highest BCUT2D eigenvalue weighted by atomic mass is 16.2. The number of hydrogen-bond acceptors (Lipinski definition) is 2. The van der Waals surface area contributed by atoms with Gasteiger partial charge < -0.3 is 0 Å². The second-order valence-corrected chi connectivity index (χ2v) is 5.56. The van der Waals surface area contributed by atoms with E-state index in [0.717, 1.165) is 37.5 Å². The highest BCUT2D eigenvalue weighted by Crippen LogP contribution is 2.45. The number of nitrogens with zero attached hydrogens (tertiary/aromatic N) is 1. The quantitative estimate of drug-likeness (QED) is 0.649. The minimum absolute atomic E-state index is 0.0328. The van der Waals surface area contributed by atoms with Crippen LogP contribution in [0.15, 0.2) is 0 Å². The summed E-state index contributed by atoms with van der Waals surface area (Å²) in [5.41, 5.74) is 0. The van der Waals surface area contributed by atoms with E-state index in [2.05, 4.69) is 0 Å². The minimum Gasteiger partial charge on any atom is -0.283 e. The number of hydrogen-bond donors (Lipinski definition) is 0. The maximum atomic E-state index is 11.9. The van der Waals surface area contributed by atoms with Crippen LogP contribution in [-0.4, -0.2) is 23.3 Å². The van der Waals surface area contributed by atoms with Crippen molar-refractivity contribution in [2.45, 2.75) is 58.3 Å². The Balaban J connectivity index is 1.87. The van der Waals surface area contributed by atoms with E-state index in [1.165, 1.54) is 31.1 Å². The van der Waals surface area contributed by atoms with Gasteiger partial charge in [-0.25, -0.2) is 0 Å². The van der Waals surface area contributed by atoms with E-state index in [1.54, 1.807) is 0 Å². The van der Waals surface area contributed by atoms with Crippen molar-refractivity contribution in [1.82, 2.24) is 4.90 Å². The topological polar surface area (TPSA) is 37.4 Å². The van der Waals surface area contributed by atoms with Crippen LogP contribution < -0.4 is 0 Å². The molecule has 3 heteroatoms. The molecule has 2 rings (SSSR count). The molecule has 0 N–H and O–H groups in total. The fourth-order valence-corrected chi connectivity index (χ4v) is 2.97. The number of amides is 2. The number of fused-ring (bicyclic) bond motifs is 1. The summed E-state index contributed by atoms with van der Waals surface area (Å²) in [4.78, 5) is 24.7. The van der Waals surface area contributed by atoms with Crippen molar-refractivity contribution in [3.63, 3.8) is 0 Å². The SMILES string of the molecule is CC(=O)N1CCCCC2CC2CCCCC1=O. The highest BCUT2D eigenvalue weighted by molar-refractivity contribution is 5.94. The molecule has 2 aliphatic rings. The monoisotopic (exact) mass is 237 g/mol. The van der Waals surface area contributed by atoms with E-state index in [0.29, 0.717) is 13.0 Å². The number of rotatable bonds is 0. The number of carbonyl (C=O) groups excluding carboxylic acids is 2. The lowest BCUT2D eigenvalue weighted by Crippen LogP contribution is -2.35. The number of imide groups is 1. The second kappa shape index (κ2) is 5.65. The van der Waals surface area contributed by atoms with Crippen molar-refractivity contribution in [1.29, 1.82) is 0 Å². The molecule has 0 radical (unpaired) electrons. The van der Waals surface area contributed by atoms with Crippen LogP contribution in [-0.2, 0) is 9.59 Å². The van der Waals surface area contributed by atoms with Crippen LogP contribution in [0, 0.1) is 11.8 Å². The summed E-state index contributed by atoms with van der Waals surface area (Å²) in [6.45, 7) is 2.13. The van der Waals surface area contributed by atoms with Crippen molar-refractivity contribution in [3.8, 4) is 0 Å². The molecule has 3 nitrogen and oxygen atoms in total. The van der Waals surface area contributed by atoms with Gasteiger partial charge in [-0.1, -0.05) is 25.7 Å². The summed E-state index contributed by atoms with van der Waals surface area (Å²) in [5.74, 6) is 1.85. The average Bonchev–Trinajstić information content (AvgIpc) is 3.00. The molecule has 17 heavy (non-hydrogen) atoms. The van der Waals surface area contributed by atoms with E-state index in [4.69, 9.17) is 0 Å². The molecule has 0 aromatic heterocycles. The molecule has 1 heterocycles. The van der Waals surface area contributed by atoms with Gasteiger partial charge in [0.2, 0.25) is 11.8 Å². The standard InChI is InChI=1S/C14H23NO2/c1-11(16)15-9-5-4-7-13-10-12(13)6-2-3-8-14(15)17/h12-13H,2-10H2,1H3. The summed E-state index contributed by atoms with van der Waals surface area (Å²) in [5, 5.41) is 0. The summed E-state index contributed by atoms with van der Waals surface area (Å²) in [6.07, 6.45) is 8.79. The van der Waals surface area contributed by atoms with E-state index in [-0.39, 0.29) is 11.8 Å². The zero-order chi connectivity index (χ0) is 12.3. The number of carbonyl (C=O) groups is 2. The molecule has 1 saturated carbocycles. The molecule has 2 fully saturated rings. The first kappa shape index (κ1) is 12.6. The molecule has 1 aliphatic carbocycles. The summed E-state index contributed by atoms with van der Waals surface area (Å²) < 4.78 is 0. The third kappa shape index (κ3) is 3.55. The Hall–Kier alpha value is -0.860. The Labute approximate surface area is 104 Å². The Morgan fingerprint density at radius 2 is 1.76 bits per heavy atom. The van der Waals surface area contributed by atoms with E-state index in [1.807, 2.05) is 0 Å². The molecule has 2 amide bonds. The lowest BCUT2D eigenvalue weighted by Gasteiger charge is -2.19. The molecule has 96 valence electrons. The first-order valence-electron chi connectivity index (χ1n) is 6.99. The molecule has 1 saturated heterocycles. The fourth-order valence-electron chi connectivity index (χ4n) is 2.97. The van der Waals surface area contributed by atoms with Crippen LogP contribution >= 0.6 is 0 Å². The zero-order valence-corrected chi connectivity index (χ0v) is 10.8. The predicted octanol–water partition coefficient (Wildman–Crippen LogP) is 2.74. The van der Waals surface area contributed by atoms with Gasteiger partial charge in [-0.05, 0) is 31.1 Å². The predicted molar refractivity (Wildman–Crippen MR) is 66.3 cm³/mol. The molecular weight excluding hydrogens is 214 g/mol. The molecule has 0 bridgehead atoms. The lowest BCUT2D eigenvalue weighted by atomic mass is 10.1. The highest BCUT2D eigenvalue weighted by Gasteiger charge is 2.35. The van der Waals surface area contributed by atoms with Crippen LogP contribution in [0.2, 0.25) is 0 Å². The van der Waals surface area contributed by atoms with Gasteiger partial charge in [0.1, 0.15) is 0 Å². The second-order valence-electron chi connectivity index (χ2n) is 5.56.